The number of nitrogens with one attached hydrogen (secondary N) is 4. The zero-order valence-electron chi connectivity index (χ0n) is 82.0. The minimum atomic E-state index is -0.704. The van der Waals surface area contributed by atoms with Crippen LogP contribution in [-0.2, 0) is 30.4 Å². The minimum absolute atomic E-state index is 0.0103. The number of pyridine rings is 4. The molecule has 6 aliphatic heterocycles. The van der Waals surface area contributed by atoms with Gasteiger partial charge in [-0.25, -0.2) is 29.6 Å². The Kier molecular flexibility index (Phi) is 26.7. The van der Waals surface area contributed by atoms with Crippen molar-refractivity contribution >= 4 is 139 Å². The van der Waals surface area contributed by atoms with Crippen molar-refractivity contribution in [3.05, 3.63) is 157 Å². The van der Waals surface area contributed by atoms with Crippen LogP contribution in [0.2, 0.25) is 0 Å². The summed E-state index contributed by atoms with van der Waals surface area (Å²) in [7, 11) is -0.704. The number of nitrogens with zero attached hydrogens (tertiary/aromatic N) is 21. The molecule has 0 bridgehead atoms. The van der Waals surface area contributed by atoms with Gasteiger partial charge in [0.1, 0.15) is 34.7 Å². The SMILES string of the molecule is O=c1c2cc(CN3CCS(=O)CC3)ccc2c2cnc(NCC3CC3)nc2n1C1CCC(O)CC1.O=c1c2cc(N3CCN4CCC[C@@H]4C3)ccc2c2cnc(NCC3CC3)nc2n1C1CCC(O)CC1.O=c1c2cc(N3CCN4CCC[C@H]4C3)ccc2c2cnc(NCC3CC3)nc2n1C1CCC(O)CC1.O=c1c2cc(N3CCn4ncnc4C3)ccc2c2cnc(NCC3CC3)nc2n1C1CCC(O)CC1. The van der Waals surface area contributed by atoms with Crippen molar-refractivity contribution in [3.63, 3.8) is 0 Å². The molecule has 9 aromatic heterocycles. The standard InChI is InChI=1S/2C28H36N6O2.C26H30N8O2.C26H33N5O3S/c2*35-22-8-5-19(6-9-22)34-26-25(16-30-28(31-26)29-15-18-3-4-18)23-10-7-20(14-24(23)27(34)36)33-13-12-32-11-1-2-21(32)17-33;35-19-6-3-17(4-7-19)34-24-22(13-28-26(31-24)27-12-16-1-2-16)20-8-5-18(11-21(20)25(34)36)32-9-10-33-23(14-32)29-15-30-33;32-20-6-4-19(5-7-20)31-24-23(15-28-26(29-24)27-14-17-1-2-17)21-8-3-18(13-22(21)25(31)33)16-30-9-11-35(34)12-10-30/h2*7,10,14,16,18-19,21-22,35H,1-6,8-9,11-13,15,17H2,(H,29,30,31);5,8,11,13,15-17,19,35H,1-4,6-7,9-10,12,14H2,(H,27,28,31);3,8,13,15,17,19-20,32H,1-2,4-7,9-12,14,16H2,(H,27,28,29)/t2*19?,21-,22?;;/m10../s1. The summed E-state index contributed by atoms with van der Waals surface area (Å²) in [5.74, 6) is 7.54. The Morgan fingerprint density at radius 1 is 0.322 bits per heavy atom. The molecule has 14 aliphatic rings. The van der Waals surface area contributed by atoms with Crippen molar-refractivity contribution in [2.75, 3.05) is 146 Å². The fourth-order valence-corrected chi connectivity index (χ4v) is 25.6. The maximum atomic E-state index is 14.1. The lowest BCUT2D eigenvalue weighted by Gasteiger charge is -2.39. The third-order valence-corrected chi connectivity index (χ3v) is 35.0. The van der Waals surface area contributed by atoms with Gasteiger partial charge in [0.05, 0.1) is 53.7 Å². The van der Waals surface area contributed by atoms with Gasteiger partial charge in [-0.05, 0) is 286 Å². The average Bonchev–Trinajstić information content (AvgIpc) is 1.64. The normalized spacial score (nSPS) is 25.1. The van der Waals surface area contributed by atoms with E-state index >= 15 is 0 Å². The molecule has 2 atom stereocenters. The van der Waals surface area contributed by atoms with Crippen molar-refractivity contribution in [1.29, 1.82) is 0 Å². The average molecular weight is 1960 g/mol. The molecule has 13 fully saturated rings. The van der Waals surface area contributed by atoms with Gasteiger partial charge in [-0.2, -0.15) is 25.0 Å². The summed E-state index contributed by atoms with van der Waals surface area (Å²) in [4.78, 5) is 113. The molecule has 5 saturated heterocycles. The number of hydrogen-bond acceptors (Lipinski definition) is 29. The second kappa shape index (κ2) is 40.6. The van der Waals surface area contributed by atoms with Crippen LogP contribution in [0.5, 0.6) is 0 Å². The van der Waals surface area contributed by atoms with E-state index in [9.17, 15) is 43.8 Å². The molecule has 15 heterocycles. The van der Waals surface area contributed by atoms with Gasteiger partial charge in [0.15, 0.2) is 0 Å². The van der Waals surface area contributed by atoms with Crippen LogP contribution in [0.3, 0.4) is 0 Å². The van der Waals surface area contributed by atoms with E-state index in [1.807, 2.05) is 72.0 Å². The molecule has 35 heteroatoms. The Morgan fingerprint density at radius 3 is 1.00 bits per heavy atom. The number of benzene rings is 4. The first kappa shape index (κ1) is 94.0. The van der Waals surface area contributed by atoms with Crippen LogP contribution in [0, 0.1) is 23.7 Å². The van der Waals surface area contributed by atoms with Crippen LogP contribution < -0.4 is 58.2 Å². The molecule has 8 saturated carbocycles. The molecule has 0 unspecified atom stereocenters. The number of aliphatic hydroxyl groups is 4. The summed E-state index contributed by atoms with van der Waals surface area (Å²) < 4.78 is 21.3. The van der Waals surface area contributed by atoms with Crippen molar-refractivity contribution in [1.82, 2.24) is 87.6 Å². The summed E-state index contributed by atoms with van der Waals surface area (Å²) in [6.45, 7) is 16.8. The van der Waals surface area contributed by atoms with Gasteiger partial charge in [-0.3, -0.25) is 56.4 Å². The first-order valence-electron chi connectivity index (χ1n) is 53.7. The predicted octanol–water partition coefficient (Wildman–Crippen LogP) is 12.7. The highest BCUT2D eigenvalue weighted by Gasteiger charge is 2.38. The molecular weight excluding hydrogens is 1820 g/mol. The van der Waals surface area contributed by atoms with Crippen LogP contribution in [0.15, 0.2) is 123 Å². The number of fused-ring (bicyclic) bond motifs is 15. The first-order valence-corrected chi connectivity index (χ1v) is 55.2. The van der Waals surface area contributed by atoms with Gasteiger partial charge in [-0.1, -0.05) is 30.3 Å². The smallest absolute Gasteiger partial charge is 0.260 e. The van der Waals surface area contributed by atoms with Crippen molar-refractivity contribution in [2.45, 2.75) is 260 Å². The van der Waals surface area contributed by atoms with Crippen molar-refractivity contribution in [3.8, 4) is 0 Å². The summed E-state index contributed by atoms with van der Waals surface area (Å²) >= 11 is 0. The number of hydrogen-bond donors (Lipinski definition) is 8. The molecule has 143 heavy (non-hydrogen) atoms. The Balaban J connectivity index is 0.000000103. The lowest BCUT2D eigenvalue weighted by Crippen LogP contribution is -2.50. The highest BCUT2D eigenvalue weighted by atomic mass is 32.2. The quantitative estimate of drug-likeness (QED) is 0.0310. The summed E-state index contributed by atoms with van der Waals surface area (Å²) in [5.41, 5.74) is 7.21. The van der Waals surface area contributed by atoms with Gasteiger partial charge in [0.2, 0.25) is 23.8 Å². The monoisotopic (exact) mass is 1960 g/mol. The second-order valence-corrected chi connectivity index (χ2v) is 45.3. The number of piperazine rings is 2. The lowest BCUT2D eigenvalue weighted by molar-refractivity contribution is 0.110. The van der Waals surface area contributed by atoms with Crippen molar-refractivity contribution in [2.24, 2.45) is 23.7 Å². The molecule has 34 nitrogen and oxygen atoms in total. The fourth-order valence-electron chi connectivity index (χ4n) is 24.4. The molecule has 752 valence electrons. The van der Waals surface area contributed by atoms with Gasteiger partial charge in [0, 0.05) is 219 Å². The number of aromatic nitrogens is 15. The molecule has 0 radical (unpaired) electrons. The molecular formula is C108H135N25O9S. The molecule has 4 aromatic carbocycles. The Hall–Kier alpha value is -11.3. The molecule has 8 aliphatic carbocycles. The van der Waals surface area contributed by atoms with Gasteiger partial charge in [0.25, 0.3) is 22.2 Å². The number of anilines is 7. The largest absolute Gasteiger partial charge is 0.393 e. The van der Waals surface area contributed by atoms with Crippen LogP contribution >= 0.6 is 0 Å². The molecule has 0 amide bonds. The van der Waals surface area contributed by atoms with Crippen LogP contribution in [0.4, 0.5) is 40.9 Å². The van der Waals surface area contributed by atoms with Gasteiger partial charge in [-0.15, -0.1) is 0 Å². The van der Waals surface area contributed by atoms with Crippen LogP contribution in [0.25, 0.3) is 87.2 Å². The second-order valence-electron chi connectivity index (χ2n) is 43.6. The highest BCUT2D eigenvalue weighted by molar-refractivity contribution is 7.85. The lowest BCUT2D eigenvalue weighted by atomic mass is 9.92. The summed E-state index contributed by atoms with van der Waals surface area (Å²) in [5, 5.41) is 68.3. The Bertz CT molecular complexity index is 6990. The summed E-state index contributed by atoms with van der Waals surface area (Å²) in [6.07, 6.45) is 35.0. The molecule has 8 N–H and O–H groups in total. The maximum Gasteiger partial charge on any atom is 0.260 e. The topological polar surface area (TPSA) is 387 Å². The zero-order valence-corrected chi connectivity index (χ0v) is 82.8. The predicted molar refractivity (Wildman–Crippen MR) is 562 cm³/mol. The van der Waals surface area contributed by atoms with Crippen LogP contribution in [0.1, 0.15) is 215 Å². The van der Waals surface area contributed by atoms with E-state index in [0.29, 0.717) is 125 Å². The minimum Gasteiger partial charge on any atom is -0.393 e. The molecule has 27 rings (SSSR count). The van der Waals surface area contributed by atoms with E-state index in [1.54, 1.807) is 6.33 Å². The number of rotatable bonds is 21. The molecule has 0 spiro atoms. The number of aliphatic hydroxyl groups excluding tert-OH is 4. The third-order valence-electron chi connectivity index (χ3n) is 33.7. The third kappa shape index (κ3) is 20.2. The zero-order chi connectivity index (χ0) is 96.6. The first-order chi connectivity index (χ1) is 70.0. The van der Waals surface area contributed by atoms with Gasteiger partial charge >= 0.3 is 0 Å². The van der Waals surface area contributed by atoms with Gasteiger partial charge < -0.3 is 56.4 Å². The highest BCUT2D eigenvalue weighted by Crippen LogP contribution is 2.43. The van der Waals surface area contributed by atoms with Crippen LogP contribution in [-0.4, -0.2) is 258 Å². The fraction of sp³-hybridized carbons (Fsp3) is 0.574. The van der Waals surface area contributed by atoms with E-state index in [1.165, 1.54) is 90.1 Å². The van der Waals surface area contributed by atoms with Crippen molar-refractivity contribution < 1.29 is 24.6 Å². The maximum absolute atomic E-state index is 14.1. The van der Waals surface area contributed by atoms with E-state index in [-0.39, 0.29) is 70.8 Å². The van der Waals surface area contributed by atoms with E-state index < -0.39 is 10.8 Å². The Labute approximate surface area is 832 Å². The van der Waals surface area contributed by atoms with E-state index in [4.69, 9.17) is 19.9 Å². The summed E-state index contributed by atoms with van der Waals surface area (Å²) in [6, 6.07) is 26.4. The van der Waals surface area contributed by atoms with E-state index in [0.717, 1.165) is 269 Å². The molecule has 13 aromatic rings. The van der Waals surface area contributed by atoms with E-state index in [2.05, 4.69) is 129 Å². The Morgan fingerprint density at radius 2 is 0.650 bits per heavy atom.